The number of nitrogens with one attached hydrogen (secondary N) is 1. The normalized spacial score (nSPS) is 20.8. The number of rotatable bonds is 7. The molecule has 0 saturated carbocycles. The standard InChI is InChI=1S/C13H24N4O2/c1-3-7-17-8-9-18-11(10-17)13-15-12(19-16-13)5-6-14-4-2/h11,14H,3-10H2,1-2H3. The lowest BCUT2D eigenvalue weighted by Crippen LogP contribution is -2.39. The van der Waals surface area contributed by atoms with E-state index < -0.39 is 0 Å². The minimum absolute atomic E-state index is 0.0445. The maximum Gasteiger partial charge on any atom is 0.228 e. The van der Waals surface area contributed by atoms with Gasteiger partial charge >= 0.3 is 0 Å². The number of aromatic nitrogens is 2. The average molecular weight is 268 g/mol. The van der Waals surface area contributed by atoms with Crippen molar-refractivity contribution < 1.29 is 9.26 Å². The second-order valence-electron chi connectivity index (χ2n) is 4.81. The van der Waals surface area contributed by atoms with Crippen molar-refractivity contribution in [1.82, 2.24) is 20.4 Å². The molecule has 1 N–H and O–H groups in total. The van der Waals surface area contributed by atoms with Crippen LogP contribution in [-0.2, 0) is 11.2 Å². The van der Waals surface area contributed by atoms with Gasteiger partial charge in [0.05, 0.1) is 6.61 Å². The van der Waals surface area contributed by atoms with E-state index in [1.165, 1.54) is 0 Å². The topological polar surface area (TPSA) is 63.4 Å². The zero-order chi connectivity index (χ0) is 13.5. The predicted molar refractivity (Wildman–Crippen MR) is 72.0 cm³/mol. The Morgan fingerprint density at radius 1 is 1.42 bits per heavy atom. The minimum Gasteiger partial charge on any atom is -0.367 e. The Morgan fingerprint density at radius 3 is 3.11 bits per heavy atom. The number of morpholine rings is 1. The van der Waals surface area contributed by atoms with Gasteiger partial charge in [0.25, 0.3) is 0 Å². The van der Waals surface area contributed by atoms with E-state index in [0.29, 0.717) is 11.7 Å². The van der Waals surface area contributed by atoms with Crippen molar-refractivity contribution in [3.8, 4) is 0 Å². The highest BCUT2D eigenvalue weighted by atomic mass is 16.5. The van der Waals surface area contributed by atoms with E-state index >= 15 is 0 Å². The molecular formula is C13H24N4O2. The van der Waals surface area contributed by atoms with Crippen LogP contribution in [0.4, 0.5) is 0 Å². The Kier molecular flexibility index (Phi) is 5.75. The molecule has 1 aromatic heterocycles. The van der Waals surface area contributed by atoms with Crippen molar-refractivity contribution in [3.63, 3.8) is 0 Å². The number of ether oxygens (including phenoxy) is 1. The number of likely N-dealkylation sites (N-methyl/N-ethyl adjacent to an activating group) is 1. The van der Waals surface area contributed by atoms with Crippen molar-refractivity contribution >= 4 is 0 Å². The first-order valence-electron chi connectivity index (χ1n) is 7.20. The molecule has 0 bridgehead atoms. The fourth-order valence-electron chi connectivity index (χ4n) is 2.25. The van der Waals surface area contributed by atoms with Gasteiger partial charge in [-0.2, -0.15) is 4.98 Å². The molecule has 2 rings (SSSR count). The first-order valence-corrected chi connectivity index (χ1v) is 7.20. The molecule has 0 amide bonds. The third-order valence-corrected chi connectivity index (χ3v) is 3.23. The summed E-state index contributed by atoms with van der Waals surface area (Å²) in [4.78, 5) is 6.82. The van der Waals surface area contributed by atoms with Crippen LogP contribution >= 0.6 is 0 Å². The van der Waals surface area contributed by atoms with E-state index in [9.17, 15) is 0 Å². The molecule has 0 radical (unpaired) electrons. The molecule has 1 atom stereocenters. The van der Waals surface area contributed by atoms with E-state index in [-0.39, 0.29) is 6.10 Å². The van der Waals surface area contributed by atoms with E-state index in [4.69, 9.17) is 9.26 Å². The van der Waals surface area contributed by atoms with Crippen LogP contribution in [0.25, 0.3) is 0 Å². The van der Waals surface area contributed by atoms with Gasteiger partial charge < -0.3 is 14.6 Å². The van der Waals surface area contributed by atoms with Gasteiger partial charge in [-0.15, -0.1) is 0 Å². The third kappa shape index (κ3) is 4.26. The average Bonchev–Trinajstić information content (AvgIpc) is 2.89. The highest BCUT2D eigenvalue weighted by molar-refractivity contribution is 4.94. The molecule has 19 heavy (non-hydrogen) atoms. The second-order valence-corrected chi connectivity index (χ2v) is 4.81. The maximum absolute atomic E-state index is 5.74. The monoisotopic (exact) mass is 268 g/mol. The molecular weight excluding hydrogens is 244 g/mol. The second kappa shape index (κ2) is 7.57. The van der Waals surface area contributed by atoms with Crippen molar-refractivity contribution in [2.24, 2.45) is 0 Å². The summed E-state index contributed by atoms with van der Waals surface area (Å²) in [5, 5.41) is 7.29. The summed E-state index contributed by atoms with van der Waals surface area (Å²) in [6.07, 6.45) is 1.89. The first kappa shape index (κ1) is 14.4. The van der Waals surface area contributed by atoms with Gasteiger partial charge in [0.2, 0.25) is 11.7 Å². The van der Waals surface area contributed by atoms with Crippen LogP contribution in [0.5, 0.6) is 0 Å². The minimum atomic E-state index is -0.0445. The van der Waals surface area contributed by atoms with Crippen LogP contribution in [0.2, 0.25) is 0 Å². The van der Waals surface area contributed by atoms with Gasteiger partial charge in [-0.3, -0.25) is 4.90 Å². The molecule has 1 aliphatic rings. The van der Waals surface area contributed by atoms with Crippen LogP contribution in [-0.4, -0.2) is 54.4 Å². The fourth-order valence-corrected chi connectivity index (χ4v) is 2.25. The van der Waals surface area contributed by atoms with Gasteiger partial charge in [0, 0.05) is 26.1 Å². The van der Waals surface area contributed by atoms with Gasteiger partial charge in [-0.25, -0.2) is 0 Å². The van der Waals surface area contributed by atoms with Crippen molar-refractivity contribution in [2.75, 3.05) is 39.3 Å². The lowest BCUT2D eigenvalue weighted by Gasteiger charge is -2.30. The highest BCUT2D eigenvalue weighted by Crippen LogP contribution is 2.19. The number of hydrogen-bond donors (Lipinski definition) is 1. The zero-order valence-corrected chi connectivity index (χ0v) is 11.9. The molecule has 1 aliphatic heterocycles. The van der Waals surface area contributed by atoms with E-state index in [2.05, 4.69) is 34.2 Å². The van der Waals surface area contributed by atoms with Crippen molar-refractivity contribution in [1.29, 1.82) is 0 Å². The molecule has 1 saturated heterocycles. The lowest BCUT2D eigenvalue weighted by molar-refractivity contribution is -0.0350. The van der Waals surface area contributed by atoms with E-state index in [0.717, 1.165) is 52.2 Å². The summed E-state index contributed by atoms with van der Waals surface area (Å²) in [6.45, 7) is 9.80. The molecule has 1 unspecified atom stereocenters. The molecule has 6 heteroatoms. The van der Waals surface area contributed by atoms with Crippen molar-refractivity contribution in [3.05, 3.63) is 11.7 Å². The van der Waals surface area contributed by atoms with Gasteiger partial charge in [-0.05, 0) is 19.5 Å². The molecule has 1 aromatic rings. The summed E-state index contributed by atoms with van der Waals surface area (Å²) >= 11 is 0. The van der Waals surface area contributed by atoms with Crippen LogP contribution in [0, 0.1) is 0 Å². The SMILES string of the molecule is CCCN1CCOC(c2noc(CCNCC)n2)C1. The summed E-state index contributed by atoms with van der Waals surface area (Å²) in [6, 6.07) is 0. The van der Waals surface area contributed by atoms with Gasteiger partial charge in [0.1, 0.15) is 6.10 Å². The van der Waals surface area contributed by atoms with E-state index in [1.54, 1.807) is 0 Å². The molecule has 108 valence electrons. The summed E-state index contributed by atoms with van der Waals surface area (Å²) < 4.78 is 11.0. The Labute approximate surface area is 114 Å². The van der Waals surface area contributed by atoms with Crippen LogP contribution in [0.15, 0.2) is 4.52 Å². The Morgan fingerprint density at radius 2 is 2.32 bits per heavy atom. The largest absolute Gasteiger partial charge is 0.367 e. The van der Waals surface area contributed by atoms with Crippen LogP contribution in [0.1, 0.15) is 38.1 Å². The van der Waals surface area contributed by atoms with Crippen LogP contribution < -0.4 is 5.32 Å². The highest BCUT2D eigenvalue weighted by Gasteiger charge is 2.25. The number of hydrogen-bond acceptors (Lipinski definition) is 6. The Balaban J connectivity index is 1.86. The molecule has 0 aromatic carbocycles. The summed E-state index contributed by atoms with van der Waals surface area (Å²) in [7, 11) is 0. The van der Waals surface area contributed by atoms with Gasteiger partial charge in [0.15, 0.2) is 0 Å². The molecule has 0 aliphatic carbocycles. The zero-order valence-electron chi connectivity index (χ0n) is 11.9. The predicted octanol–water partition coefficient (Wildman–Crippen LogP) is 1.00. The molecule has 2 heterocycles. The quantitative estimate of drug-likeness (QED) is 0.745. The van der Waals surface area contributed by atoms with Crippen molar-refractivity contribution in [2.45, 2.75) is 32.8 Å². The first-order chi connectivity index (χ1) is 9.33. The molecule has 6 nitrogen and oxygen atoms in total. The van der Waals surface area contributed by atoms with E-state index in [1.807, 2.05) is 0 Å². The Hall–Kier alpha value is -0.980. The molecule has 1 fully saturated rings. The third-order valence-electron chi connectivity index (χ3n) is 3.23. The fraction of sp³-hybridized carbons (Fsp3) is 0.846. The Bertz CT molecular complexity index is 367. The lowest BCUT2D eigenvalue weighted by atomic mass is 10.2. The smallest absolute Gasteiger partial charge is 0.228 e. The van der Waals surface area contributed by atoms with Gasteiger partial charge in [-0.1, -0.05) is 19.0 Å². The molecule has 0 spiro atoms. The summed E-state index contributed by atoms with van der Waals surface area (Å²) in [5.41, 5.74) is 0. The maximum atomic E-state index is 5.74. The summed E-state index contributed by atoms with van der Waals surface area (Å²) in [5.74, 6) is 1.37. The van der Waals surface area contributed by atoms with Crippen LogP contribution in [0.3, 0.4) is 0 Å². The number of nitrogens with zero attached hydrogens (tertiary/aromatic N) is 3.